The summed E-state index contributed by atoms with van der Waals surface area (Å²) in [4.78, 5) is 0. The van der Waals surface area contributed by atoms with E-state index in [-0.39, 0.29) is 42.1 Å². The Balaban J connectivity index is 0.00000156. The summed E-state index contributed by atoms with van der Waals surface area (Å²) in [5.41, 5.74) is 4.91. The molecule has 1 aliphatic rings. The summed E-state index contributed by atoms with van der Waals surface area (Å²) in [6.45, 7) is 2.25. The van der Waals surface area contributed by atoms with Gasteiger partial charge in [-0.1, -0.05) is 24.3 Å². The van der Waals surface area contributed by atoms with Crippen molar-refractivity contribution in [2.24, 2.45) is 0 Å². The third-order valence-corrected chi connectivity index (χ3v) is 4.30. The monoisotopic (exact) mass is 333 g/mol. The number of aryl methyl sites for hydroxylation is 1. The maximum atomic E-state index is 11.3. The molecule has 0 bridgehead atoms. The molecule has 0 amide bonds. The summed E-state index contributed by atoms with van der Waals surface area (Å²) in [6, 6.07) is 10.8. The molecule has 2 aromatic carbocycles. The largest absolute Gasteiger partial charge is 1.00 e. The summed E-state index contributed by atoms with van der Waals surface area (Å²) < 4.78 is 15.5. The molecule has 23 heavy (non-hydrogen) atoms. The van der Waals surface area contributed by atoms with E-state index in [4.69, 9.17) is 9.47 Å². The first-order valence-corrected chi connectivity index (χ1v) is 7.68. The summed E-state index contributed by atoms with van der Waals surface area (Å²) >= 11 is 1.40. The summed E-state index contributed by atoms with van der Waals surface area (Å²) in [5.74, 6) is 1.56. The molecule has 0 N–H and O–H groups in total. The van der Waals surface area contributed by atoms with Gasteiger partial charge < -0.3 is 14.6 Å². The molecule has 1 aromatic heterocycles. The van der Waals surface area contributed by atoms with Crippen molar-refractivity contribution in [2.45, 2.75) is 6.92 Å². The molecule has 0 unspecified atom stereocenters. The number of nitrogens with zero attached hydrogens (tertiary/aromatic N) is 1. The Morgan fingerprint density at radius 3 is 2.65 bits per heavy atom. The molecule has 2 heterocycles. The molecule has 110 valence electrons. The quantitative estimate of drug-likeness (QED) is 0.644. The van der Waals surface area contributed by atoms with Crippen LogP contribution in [0.5, 0.6) is 17.2 Å². The van der Waals surface area contributed by atoms with Gasteiger partial charge in [0.25, 0.3) is 0 Å². The van der Waals surface area contributed by atoms with Crippen LogP contribution in [0.3, 0.4) is 0 Å². The molecule has 0 aliphatic carbocycles. The Bertz CT molecular complexity index is 846. The van der Waals surface area contributed by atoms with E-state index in [0.29, 0.717) is 0 Å². The van der Waals surface area contributed by atoms with Gasteiger partial charge in [-0.3, -0.25) is 0 Å². The minimum atomic E-state index is 0. The topological polar surface area (TPSA) is 54.4 Å². The summed E-state index contributed by atoms with van der Waals surface area (Å²) in [6.07, 6.45) is 0. The molecule has 0 spiro atoms. The third kappa shape index (κ3) is 2.97. The van der Waals surface area contributed by atoms with E-state index in [0.717, 1.165) is 39.4 Å². The van der Waals surface area contributed by atoms with Crippen LogP contribution in [0.4, 0.5) is 0 Å². The van der Waals surface area contributed by atoms with E-state index in [1.165, 1.54) is 11.5 Å². The van der Waals surface area contributed by atoms with E-state index >= 15 is 0 Å². The molecule has 1 aliphatic heterocycles. The van der Waals surface area contributed by atoms with Crippen molar-refractivity contribution in [3.63, 3.8) is 0 Å². The first-order chi connectivity index (χ1) is 10.7. The number of ether oxygens (including phenoxy) is 2. The normalized spacial score (nSPS) is 12.0. The van der Waals surface area contributed by atoms with Crippen molar-refractivity contribution in [2.75, 3.05) is 6.79 Å². The molecule has 0 saturated heterocycles. The van der Waals surface area contributed by atoms with Gasteiger partial charge in [-0.25, -0.2) is 0 Å². The smallest absolute Gasteiger partial charge is 0.872 e. The number of hydrogen-bond acceptors (Lipinski definition) is 5. The van der Waals surface area contributed by atoms with Gasteiger partial charge in [0.15, 0.2) is 11.5 Å². The second kappa shape index (κ2) is 6.53. The fraction of sp³-hybridized carbons (Fsp3) is 0.118. The SMILES string of the molecule is Cc1cc(-c2nscc2-c2ccc([O-])cc2)cc2c1OCO2.[Na+]. The third-order valence-electron chi connectivity index (χ3n) is 3.67. The summed E-state index contributed by atoms with van der Waals surface area (Å²) in [7, 11) is 0. The zero-order valence-electron chi connectivity index (χ0n) is 12.8. The molecule has 0 atom stereocenters. The number of rotatable bonds is 2. The second-order valence-corrected chi connectivity index (χ2v) is 5.76. The van der Waals surface area contributed by atoms with Crippen molar-refractivity contribution in [3.8, 4) is 39.6 Å². The van der Waals surface area contributed by atoms with Crippen LogP contribution in [-0.2, 0) is 0 Å². The van der Waals surface area contributed by atoms with Crippen LogP contribution in [0, 0.1) is 6.92 Å². The van der Waals surface area contributed by atoms with Crippen LogP contribution in [0.1, 0.15) is 5.56 Å². The number of hydrogen-bond donors (Lipinski definition) is 0. The van der Waals surface area contributed by atoms with Gasteiger partial charge in [0.2, 0.25) is 6.79 Å². The van der Waals surface area contributed by atoms with Crippen molar-refractivity contribution in [1.29, 1.82) is 0 Å². The fourth-order valence-electron chi connectivity index (χ4n) is 2.61. The number of fused-ring (bicyclic) bond motifs is 1. The van der Waals surface area contributed by atoms with E-state index in [9.17, 15) is 5.11 Å². The van der Waals surface area contributed by atoms with Crippen molar-refractivity contribution >= 4 is 11.5 Å². The average molecular weight is 333 g/mol. The molecule has 3 aromatic rings. The van der Waals surface area contributed by atoms with Gasteiger partial charge in [-0.2, -0.15) is 4.37 Å². The molecular weight excluding hydrogens is 321 g/mol. The van der Waals surface area contributed by atoms with Gasteiger partial charge in [-0.05, 0) is 41.7 Å². The first kappa shape index (κ1) is 16.3. The van der Waals surface area contributed by atoms with Crippen molar-refractivity contribution in [3.05, 3.63) is 47.3 Å². The summed E-state index contributed by atoms with van der Waals surface area (Å²) in [5, 5.41) is 13.3. The zero-order valence-corrected chi connectivity index (χ0v) is 15.6. The second-order valence-electron chi connectivity index (χ2n) is 5.13. The minimum Gasteiger partial charge on any atom is -0.872 e. The van der Waals surface area contributed by atoms with Crippen LogP contribution in [0.25, 0.3) is 22.4 Å². The Morgan fingerprint density at radius 1 is 1.09 bits per heavy atom. The predicted molar refractivity (Wildman–Crippen MR) is 83.3 cm³/mol. The Kier molecular flexibility index (Phi) is 4.64. The maximum Gasteiger partial charge on any atom is 1.00 e. The Morgan fingerprint density at radius 2 is 1.87 bits per heavy atom. The van der Waals surface area contributed by atoms with Gasteiger partial charge in [0.05, 0.1) is 5.69 Å². The molecule has 0 saturated carbocycles. The van der Waals surface area contributed by atoms with Gasteiger partial charge in [0.1, 0.15) is 0 Å². The molecule has 4 rings (SSSR count). The molecule has 0 radical (unpaired) electrons. The van der Waals surface area contributed by atoms with E-state index in [1.54, 1.807) is 12.1 Å². The van der Waals surface area contributed by atoms with E-state index in [1.807, 2.05) is 36.6 Å². The number of aromatic nitrogens is 1. The molecule has 0 fully saturated rings. The van der Waals surface area contributed by atoms with Crippen LogP contribution in [0.15, 0.2) is 41.8 Å². The van der Waals surface area contributed by atoms with Gasteiger partial charge in [-0.15, -0.1) is 5.75 Å². The maximum absolute atomic E-state index is 11.3. The van der Waals surface area contributed by atoms with Crippen molar-refractivity contribution < 1.29 is 44.1 Å². The molecule has 4 nitrogen and oxygen atoms in total. The number of benzene rings is 2. The van der Waals surface area contributed by atoms with Crippen LogP contribution in [0.2, 0.25) is 0 Å². The average Bonchev–Trinajstić information content (AvgIpc) is 3.16. The Labute approximate surface area is 160 Å². The minimum absolute atomic E-state index is 0. The predicted octanol–water partition coefficient (Wildman–Crippen LogP) is 0.592. The molecular formula is C17H12NNaO3S. The molecule has 6 heteroatoms. The van der Waals surface area contributed by atoms with E-state index in [2.05, 4.69) is 4.37 Å². The van der Waals surface area contributed by atoms with Crippen LogP contribution in [-0.4, -0.2) is 11.2 Å². The fourth-order valence-corrected chi connectivity index (χ4v) is 3.32. The standard InChI is InChI=1S/C17H13NO3S.Na/c1-10-6-12(7-15-17(10)21-9-20-15)16-14(8-22-18-16)11-2-4-13(19)5-3-11;/h2-8,19H,9H2,1H3;/q;+1/p-1. The zero-order chi connectivity index (χ0) is 15.1. The van der Waals surface area contributed by atoms with Crippen LogP contribution >= 0.6 is 11.5 Å². The van der Waals surface area contributed by atoms with E-state index < -0.39 is 0 Å². The Hall–Kier alpha value is -1.53. The van der Waals surface area contributed by atoms with Crippen LogP contribution < -0.4 is 44.1 Å². The first-order valence-electron chi connectivity index (χ1n) is 6.85. The van der Waals surface area contributed by atoms with Gasteiger partial charge >= 0.3 is 29.6 Å². The van der Waals surface area contributed by atoms with Gasteiger partial charge in [0, 0.05) is 16.5 Å². The van der Waals surface area contributed by atoms with Crippen molar-refractivity contribution in [1.82, 2.24) is 4.37 Å².